The van der Waals surface area contributed by atoms with E-state index in [9.17, 15) is 14.4 Å². The molecule has 3 N–H and O–H groups in total. The summed E-state index contributed by atoms with van der Waals surface area (Å²) in [5.41, 5.74) is 5.17. The fourth-order valence-corrected chi connectivity index (χ4v) is 4.30. The van der Waals surface area contributed by atoms with Crippen molar-refractivity contribution in [3.8, 4) is 0 Å². The van der Waals surface area contributed by atoms with E-state index in [1.807, 2.05) is 56.3 Å². The standard InChI is InChI=1S/C30H28N6O3/c1-19-9-11-23(12-10-19)34-30-31-20(2)18-26(35-30)32-21-13-15-22(16-14-21)33-27(37)8-5-17-36-28(38)24-6-3-4-7-25(24)29(36)39/h3-4,6-7,9-16,18H,5,8,17H2,1-2H3,(H,33,37)(H2,31,32,34,35). The topological polar surface area (TPSA) is 116 Å². The highest BCUT2D eigenvalue weighted by Gasteiger charge is 2.34. The molecule has 1 aromatic heterocycles. The van der Waals surface area contributed by atoms with Crippen LogP contribution < -0.4 is 16.0 Å². The first-order valence-corrected chi connectivity index (χ1v) is 12.7. The molecule has 1 aliphatic heterocycles. The normalized spacial score (nSPS) is 12.3. The number of fused-ring (bicyclic) bond motifs is 1. The van der Waals surface area contributed by atoms with Gasteiger partial charge in [0.05, 0.1) is 11.1 Å². The summed E-state index contributed by atoms with van der Waals surface area (Å²) in [5.74, 6) is 0.325. The predicted molar refractivity (Wildman–Crippen MR) is 151 cm³/mol. The smallest absolute Gasteiger partial charge is 0.261 e. The number of benzene rings is 3. The summed E-state index contributed by atoms with van der Waals surface area (Å²) in [6, 6.07) is 23.9. The number of aryl methyl sites for hydroxylation is 2. The maximum absolute atomic E-state index is 12.5. The number of amides is 3. The quantitative estimate of drug-likeness (QED) is 0.246. The van der Waals surface area contributed by atoms with Gasteiger partial charge in [-0.15, -0.1) is 0 Å². The van der Waals surface area contributed by atoms with Crippen molar-refractivity contribution in [2.24, 2.45) is 0 Å². The summed E-state index contributed by atoms with van der Waals surface area (Å²) >= 11 is 0. The van der Waals surface area contributed by atoms with Gasteiger partial charge in [-0.1, -0.05) is 29.8 Å². The number of rotatable bonds is 9. The van der Waals surface area contributed by atoms with Gasteiger partial charge < -0.3 is 16.0 Å². The second-order valence-electron chi connectivity index (χ2n) is 9.37. The molecule has 4 aromatic rings. The molecular weight excluding hydrogens is 492 g/mol. The lowest BCUT2D eigenvalue weighted by Gasteiger charge is -2.13. The molecule has 0 fully saturated rings. The zero-order chi connectivity index (χ0) is 27.4. The van der Waals surface area contributed by atoms with Gasteiger partial charge in [0.2, 0.25) is 11.9 Å². The predicted octanol–water partition coefficient (Wildman–Crippen LogP) is 5.60. The van der Waals surface area contributed by atoms with Gasteiger partial charge in [0.1, 0.15) is 5.82 Å². The summed E-state index contributed by atoms with van der Waals surface area (Å²) < 4.78 is 0. The molecule has 2 heterocycles. The maximum Gasteiger partial charge on any atom is 0.261 e. The largest absolute Gasteiger partial charge is 0.340 e. The fourth-order valence-electron chi connectivity index (χ4n) is 4.30. The van der Waals surface area contributed by atoms with Crippen molar-refractivity contribution in [1.29, 1.82) is 0 Å². The third kappa shape index (κ3) is 6.10. The summed E-state index contributed by atoms with van der Waals surface area (Å²) in [4.78, 5) is 47.6. The number of hydrogen-bond donors (Lipinski definition) is 3. The lowest BCUT2D eigenvalue weighted by molar-refractivity contribution is -0.116. The van der Waals surface area contributed by atoms with Crippen molar-refractivity contribution in [1.82, 2.24) is 14.9 Å². The Morgan fingerprint density at radius 1 is 0.769 bits per heavy atom. The number of imide groups is 1. The van der Waals surface area contributed by atoms with Crippen LogP contribution in [0, 0.1) is 13.8 Å². The van der Waals surface area contributed by atoms with Crippen molar-refractivity contribution in [3.05, 3.63) is 101 Å². The van der Waals surface area contributed by atoms with E-state index in [1.54, 1.807) is 36.4 Å². The van der Waals surface area contributed by atoms with Crippen LogP contribution >= 0.6 is 0 Å². The first-order chi connectivity index (χ1) is 18.9. The highest BCUT2D eigenvalue weighted by Crippen LogP contribution is 2.23. The number of nitrogens with zero attached hydrogens (tertiary/aromatic N) is 3. The first-order valence-electron chi connectivity index (χ1n) is 12.7. The monoisotopic (exact) mass is 520 g/mol. The minimum atomic E-state index is -0.309. The van der Waals surface area contributed by atoms with E-state index in [0.29, 0.717) is 35.0 Å². The van der Waals surface area contributed by atoms with Crippen molar-refractivity contribution >= 4 is 46.5 Å². The number of carbonyl (C=O) groups is 3. The van der Waals surface area contributed by atoms with Crippen molar-refractivity contribution < 1.29 is 14.4 Å². The van der Waals surface area contributed by atoms with Crippen LogP contribution in [0.25, 0.3) is 0 Å². The summed E-state index contributed by atoms with van der Waals surface area (Å²) in [7, 11) is 0. The van der Waals surface area contributed by atoms with Gasteiger partial charge in [0.15, 0.2) is 0 Å². The number of hydrogen-bond acceptors (Lipinski definition) is 7. The van der Waals surface area contributed by atoms with E-state index in [2.05, 4.69) is 25.9 Å². The van der Waals surface area contributed by atoms with Gasteiger partial charge in [-0.25, -0.2) is 4.98 Å². The molecule has 39 heavy (non-hydrogen) atoms. The highest BCUT2D eigenvalue weighted by atomic mass is 16.2. The molecule has 0 spiro atoms. The van der Waals surface area contributed by atoms with Crippen LogP contribution in [-0.4, -0.2) is 39.1 Å². The zero-order valence-corrected chi connectivity index (χ0v) is 21.7. The van der Waals surface area contributed by atoms with Gasteiger partial charge >= 0.3 is 0 Å². The van der Waals surface area contributed by atoms with Gasteiger partial charge in [-0.2, -0.15) is 4.98 Å². The minimum Gasteiger partial charge on any atom is -0.340 e. The van der Waals surface area contributed by atoms with Gasteiger partial charge in [-0.05, 0) is 68.8 Å². The van der Waals surface area contributed by atoms with E-state index in [0.717, 1.165) is 17.1 Å². The van der Waals surface area contributed by atoms with Gasteiger partial charge in [-0.3, -0.25) is 19.3 Å². The molecule has 0 unspecified atom stereocenters. The van der Waals surface area contributed by atoms with E-state index in [4.69, 9.17) is 0 Å². The molecule has 5 rings (SSSR count). The Morgan fingerprint density at radius 2 is 1.36 bits per heavy atom. The first kappa shape index (κ1) is 25.6. The molecule has 0 saturated carbocycles. The fraction of sp³-hybridized carbons (Fsp3) is 0.167. The van der Waals surface area contributed by atoms with Crippen LogP contribution in [0.5, 0.6) is 0 Å². The third-order valence-corrected chi connectivity index (χ3v) is 6.27. The molecule has 0 bridgehead atoms. The number of aromatic nitrogens is 2. The Hall–Kier alpha value is -5.05. The van der Waals surface area contributed by atoms with Crippen LogP contribution in [-0.2, 0) is 4.79 Å². The SMILES string of the molecule is Cc1ccc(Nc2nc(C)cc(Nc3ccc(NC(=O)CCCN4C(=O)c5ccccc5C4=O)cc3)n2)cc1. The molecule has 0 saturated heterocycles. The number of anilines is 5. The number of nitrogens with one attached hydrogen (secondary N) is 3. The lowest BCUT2D eigenvalue weighted by atomic mass is 10.1. The second-order valence-corrected chi connectivity index (χ2v) is 9.37. The number of carbonyl (C=O) groups excluding carboxylic acids is 3. The molecule has 196 valence electrons. The molecule has 3 aromatic carbocycles. The minimum absolute atomic E-state index is 0.185. The van der Waals surface area contributed by atoms with Gasteiger partial charge in [0, 0.05) is 41.8 Å². The van der Waals surface area contributed by atoms with E-state index in [-0.39, 0.29) is 30.7 Å². The molecular formula is C30H28N6O3. The molecule has 0 aliphatic carbocycles. The average molecular weight is 521 g/mol. The Morgan fingerprint density at radius 3 is 2.03 bits per heavy atom. The maximum atomic E-state index is 12.5. The van der Waals surface area contributed by atoms with Crippen LogP contribution in [0.3, 0.4) is 0 Å². The van der Waals surface area contributed by atoms with Crippen LogP contribution in [0.2, 0.25) is 0 Å². The Labute approximate surface area is 226 Å². The summed E-state index contributed by atoms with van der Waals surface area (Å²) in [6.07, 6.45) is 0.563. The molecule has 0 radical (unpaired) electrons. The molecule has 9 heteroatoms. The average Bonchev–Trinajstić information content (AvgIpc) is 3.16. The van der Waals surface area contributed by atoms with Crippen molar-refractivity contribution in [2.75, 3.05) is 22.5 Å². The Kier molecular flexibility index (Phi) is 7.31. The van der Waals surface area contributed by atoms with Gasteiger partial charge in [0.25, 0.3) is 11.8 Å². The van der Waals surface area contributed by atoms with Crippen molar-refractivity contribution in [3.63, 3.8) is 0 Å². The van der Waals surface area contributed by atoms with E-state index in [1.165, 1.54) is 10.5 Å². The zero-order valence-electron chi connectivity index (χ0n) is 21.7. The third-order valence-electron chi connectivity index (χ3n) is 6.27. The van der Waals surface area contributed by atoms with Crippen LogP contribution in [0.1, 0.15) is 44.8 Å². The highest BCUT2D eigenvalue weighted by molar-refractivity contribution is 6.21. The summed E-state index contributed by atoms with van der Waals surface area (Å²) in [6.45, 7) is 4.13. The van der Waals surface area contributed by atoms with Crippen LogP contribution in [0.4, 0.5) is 28.8 Å². The lowest BCUT2D eigenvalue weighted by Crippen LogP contribution is -2.31. The molecule has 3 amide bonds. The Bertz CT molecular complexity index is 1500. The van der Waals surface area contributed by atoms with E-state index >= 15 is 0 Å². The second kappa shape index (κ2) is 11.1. The summed E-state index contributed by atoms with van der Waals surface area (Å²) in [5, 5.41) is 9.35. The molecule has 1 aliphatic rings. The molecule has 9 nitrogen and oxygen atoms in total. The molecule has 0 atom stereocenters. The van der Waals surface area contributed by atoms with Crippen molar-refractivity contribution in [2.45, 2.75) is 26.7 Å². The Balaban J connectivity index is 1.12. The van der Waals surface area contributed by atoms with Crippen LogP contribution in [0.15, 0.2) is 78.9 Å². The van der Waals surface area contributed by atoms with E-state index < -0.39 is 0 Å².